The number of para-hydroxylation sites is 2. The number of ether oxygens (including phenoxy) is 3. The molecule has 0 saturated carbocycles. The van der Waals surface area contributed by atoms with E-state index in [4.69, 9.17) is 14.2 Å². The number of carbonyl (C=O) groups excluding carboxylic acids is 1. The number of hydrogen-bond donors (Lipinski definition) is 2. The smallest absolute Gasteiger partial charge is 0.348 e. The van der Waals surface area contributed by atoms with Crippen LogP contribution in [0, 0.1) is 0 Å². The van der Waals surface area contributed by atoms with E-state index in [-0.39, 0.29) is 12.5 Å². The van der Waals surface area contributed by atoms with Gasteiger partial charge in [0.1, 0.15) is 23.0 Å². The summed E-state index contributed by atoms with van der Waals surface area (Å²) in [7, 11) is 0. The van der Waals surface area contributed by atoms with E-state index < -0.39 is 11.6 Å². The summed E-state index contributed by atoms with van der Waals surface area (Å²) in [6, 6.07) is 32.9. The first-order chi connectivity index (χ1) is 20.8. The Hall–Kier alpha value is -4.98. The number of hydrogen-bond acceptors (Lipinski definition) is 5. The summed E-state index contributed by atoms with van der Waals surface area (Å²) in [6.45, 7) is 5.21. The third-order valence-corrected chi connectivity index (χ3v) is 6.71. The second-order valence-corrected chi connectivity index (χ2v) is 10.3. The molecule has 0 saturated heterocycles. The Labute approximate surface area is 252 Å². The molecule has 0 aromatic heterocycles. The molecular weight excluding hydrogens is 544 g/mol. The highest BCUT2D eigenvalue weighted by Gasteiger charge is 2.36. The molecule has 8 heteroatoms. The summed E-state index contributed by atoms with van der Waals surface area (Å²) in [5, 5.41) is 12.8. The second-order valence-electron chi connectivity index (χ2n) is 10.3. The molecule has 224 valence electrons. The highest BCUT2D eigenvalue weighted by Crippen LogP contribution is 2.25. The van der Waals surface area contributed by atoms with Crippen molar-refractivity contribution >= 4 is 17.7 Å². The van der Waals surface area contributed by atoms with E-state index in [1.54, 1.807) is 36.1 Å². The van der Waals surface area contributed by atoms with Crippen LogP contribution in [-0.2, 0) is 11.2 Å². The largest absolute Gasteiger partial charge is 0.494 e. The molecule has 0 aliphatic carbocycles. The number of anilines is 1. The lowest BCUT2D eigenvalue weighted by Crippen LogP contribution is -2.43. The predicted octanol–water partition coefficient (Wildman–Crippen LogP) is 7.66. The summed E-state index contributed by atoms with van der Waals surface area (Å²) in [6.07, 6.45) is 1.69. The number of rotatable bonds is 15. The molecule has 4 aromatic carbocycles. The number of urea groups is 1. The zero-order valence-electron chi connectivity index (χ0n) is 24.6. The van der Waals surface area contributed by atoms with Crippen LogP contribution >= 0.6 is 0 Å². The van der Waals surface area contributed by atoms with Crippen LogP contribution < -0.4 is 19.5 Å². The standard InChI is InChI=1S/C35H38N2O6/c1-3-23-37(34(40)36-28-17-21-31(22-18-28)42-30-11-6-4-7-12-30)24-10-25-41-29-19-15-27(16-20-29)26-35(2,33(38)39)43-32-13-8-5-9-14-32/h4-9,11-22H,3,10,23-26H2,1-2H3,(H,36,40)(H,38,39). The molecule has 1 unspecified atom stereocenters. The average molecular weight is 583 g/mol. The maximum Gasteiger partial charge on any atom is 0.348 e. The fourth-order valence-electron chi connectivity index (χ4n) is 4.46. The van der Waals surface area contributed by atoms with Gasteiger partial charge in [-0.15, -0.1) is 0 Å². The van der Waals surface area contributed by atoms with Gasteiger partial charge < -0.3 is 29.5 Å². The van der Waals surface area contributed by atoms with Crippen molar-refractivity contribution in [3.8, 4) is 23.0 Å². The first kappa shape index (κ1) is 31.0. The van der Waals surface area contributed by atoms with Crippen LogP contribution in [0.1, 0.15) is 32.3 Å². The molecule has 2 amide bonds. The highest BCUT2D eigenvalue weighted by atomic mass is 16.5. The fraction of sp³-hybridized carbons (Fsp3) is 0.257. The van der Waals surface area contributed by atoms with Gasteiger partial charge in [0.2, 0.25) is 5.60 Å². The first-order valence-corrected chi connectivity index (χ1v) is 14.4. The van der Waals surface area contributed by atoms with Crippen molar-refractivity contribution in [1.29, 1.82) is 0 Å². The lowest BCUT2D eigenvalue weighted by atomic mass is 9.96. The van der Waals surface area contributed by atoms with Crippen molar-refractivity contribution in [3.63, 3.8) is 0 Å². The topological polar surface area (TPSA) is 97.3 Å². The maximum atomic E-state index is 12.9. The quantitative estimate of drug-likeness (QED) is 0.140. The van der Waals surface area contributed by atoms with Crippen LogP contribution in [0.3, 0.4) is 0 Å². The van der Waals surface area contributed by atoms with E-state index in [1.807, 2.05) is 91.9 Å². The molecule has 2 N–H and O–H groups in total. The molecular formula is C35H38N2O6. The van der Waals surface area contributed by atoms with Gasteiger partial charge in [0, 0.05) is 25.2 Å². The predicted molar refractivity (Wildman–Crippen MR) is 167 cm³/mol. The van der Waals surface area contributed by atoms with Crippen molar-refractivity contribution in [2.75, 3.05) is 25.0 Å². The van der Waals surface area contributed by atoms with Crippen LogP contribution in [0.4, 0.5) is 10.5 Å². The summed E-state index contributed by atoms with van der Waals surface area (Å²) in [4.78, 5) is 26.7. The normalized spacial score (nSPS) is 12.0. The number of carbonyl (C=O) groups is 2. The Kier molecular flexibility index (Phi) is 11.0. The molecule has 0 heterocycles. The van der Waals surface area contributed by atoms with Gasteiger partial charge in [0.15, 0.2) is 0 Å². The summed E-state index contributed by atoms with van der Waals surface area (Å²) in [5.74, 6) is 1.59. The van der Waals surface area contributed by atoms with Gasteiger partial charge in [-0.2, -0.15) is 0 Å². The van der Waals surface area contributed by atoms with Gasteiger partial charge in [-0.05, 0) is 86.0 Å². The SMILES string of the molecule is CCCN(CCCOc1ccc(CC(C)(Oc2ccccc2)C(=O)O)cc1)C(=O)Nc1ccc(Oc2ccccc2)cc1. The van der Waals surface area contributed by atoms with E-state index in [2.05, 4.69) is 5.32 Å². The molecule has 4 aromatic rings. The Morgan fingerprint density at radius 2 is 1.35 bits per heavy atom. The van der Waals surface area contributed by atoms with Crippen LogP contribution in [0.25, 0.3) is 0 Å². The lowest BCUT2D eigenvalue weighted by molar-refractivity contribution is -0.153. The molecule has 0 spiro atoms. The third kappa shape index (κ3) is 9.53. The third-order valence-electron chi connectivity index (χ3n) is 6.71. The van der Waals surface area contributed by atoms with Crippen LogP contribution in [0.5, 0.6) is 23.0 Å². The van der Waals surface area contributed by atoms with Crippen molar-refractivity contribution in [3.05, 3.63) is 115 Å². The van der Waals surface area contributed by atoms with Gasteiger partial charge in [-0.3, -0.25) is 0 Å². The van der Waals surface area contributed by atoms with Crippen LogP contribution in [-0.4, -0.2) is 47.3 Å². The minimum atomic E-state index is -1.41. The van der Waals surface area contributed by atoms with Crippen molar-refractivity contribution < 1.29 is 28.9 Å². The van der Waals surface area contributed by atoms with Crippen molar-refractivity contribution in [2.45, 2.75) is 38.7 Å². The number of amides is 2. The number of benzene rings is 4. The molecule has 8 nitrogen and oxygen atoms in total. The molecule has 0 aliphatic rings. The highest BCUT2D eigenvalue weighted by molar-refractivity contribution is 5.89. The number of aliphatic carboxylic acids is 1. The Morgan fingerprint density at radius 3 is 1.95 bits per heavy atom. The number of carboxylic acids is 1. The fourth-order valence-corrected chi connectivity index (χ4v) is 4.46. The minimum Gasteiger partial charge on any atom is -0.494 e. The molecule has 0 radical (unpaired) electrons. The second kappa shape index (κ2) is 15.3. The number of nitrogens with zero attached hydrogens (tertiary/aromatic N) is 1. The molecule has 0 aliphatic heterocycles. The first-order valence-electron chi connectivity index (χ1n) is 14.4. The van der Waals surface area contributed by atoms with Crippen molar-refractivity contribution in [1.82, 2.24) is 4.90 Å². The summed E-state index contributed by atoms with van der Waals surface area (Å²) >= 11 is 0. The van der Waals surface area contributed by atoms with E-state index in [0.717, 1.165) is 17.7 Å². The minimum absolute atomic E-state index is 0.165. The number of nitrogens with one attached hydrogen (secondary N) is 1. The van der Waals surface area contributed by atoms with E-state index in [9.17, 15) is 14.7 Å². The van der Waals surface area contributed by atoms with E-state index in [1.165, 1.54) is 0 Å². The average Bonchev–Trinajstić information content (AvgIpc) is 3.01. The molecule has 43 heavy (non-hydrogen) atoms. The van der Waals surface area contributed by atoms with E-state index in [0.29, 0.717) is 49.1 Å². The van der Waals surface area contributed by atoms with Crippen LogP contribution in [0.2, 0.25) is 0 Å². The molecule has 0 fully saturated rings. The van der Waals surface area contributed by atoms with E-state index >= 15 is 0 Å². The van der Waals surface area contributed by atoms with Crippen LogP contribution in [0.15, 0.2) is 109 Å². The van der Waals surface area contributed by atoms with Gasteiger partial charge in [-0.25, -0.2) is 9.59 Å². The molecule has 4 rings (SSSR count). The lowest BCUT2D eigenvalue weighted by Gasteiger charge is -2.26. The monoisotopic (exact) mass is 582 g/mol. The van der Waals surface area contributed by atoms with Gasteiger partial charge in [0.25, 0.3) is 0 Å². The van der Waals surface area contributed by atoms with Gasteiger partial charge in [-0.1, -0.05) is 55.5 Å². The zero-order valence-corrected chi connectivity index (χ0v) is 24.6. The van der Waals surface area contributed by atoms with Crippen molar-refractivity contribution in [2.24, 2.45) is 0 Å². The molecule has 1 atom stereocenters. The number of carboxylic acid groups (broad SMARTS) is 1. The Morgan fingerprint density at radius 1 is 0.767 bits per heavy atom. The molecule has 0 bridgehead atoms. The zero-order chi connectivity index (χ0) is 30.5. The Balaban J connectivity index is 1.23. The van der Waals surface area contributed by atoms with Gasteiger partial charge >= 0.3 is 12.0 Å². The maximum absolute atomic E-state index is 12.9. The Bertz CT molecular complexity index is 1430. The summed E-state index contributed by atoms with van der Waals surface area (Å²) in [5.41, 5.74) is 0.0972. The van der Waals surface area contributed by atoms with Gasteiger partial charge in [0.05, 0.1) is 6.61 Å². The summed E-state index contributed by atoms with van der Waals surface area (Å²) < 4.78 is 17.6.